The lowest BCUT2D eigenvalue weighted by Gasteiger charge is -2.43. The molecule has 0 saturated carbocycles. The Kier molecular flexibility index (Phi) is 11.8. The first kappa shape index (κ1) is 37.9. The summed E-state index contributed by atoms with van der Waals surface area (Å²) < 4.78 is 24.5. The summed E-state index contributed by atoms with van der Waals surface area (Å²) in [4.78, 5) is 41.0. The van der Waals surface area contributed by atoms with Gasteiger partial charge in [0.15, 0.2) is 0 Å². The van der Waals surface area contributed by atoms with Crippen LogP contribution in [-0.4, -0.2) is 103 Å². The van der Waals surface area contributed by atoms with Crippen LogP contribution < -0.4 is 36.8 Å². The van der Waals surface area contributed by atoms with E-state index in [1.165, 1.54) is 6.20 Å². The molecule has 0 atom stereocenters. The Labute approximate surface area is 300 Å². The van der Waals surface area contributed by atoms with E-state index < -0.39 is 18.7 Å². The van der Waals surface area contributed by atoms with E-state index in [1.807, 2.05) is 37.8 Å². The van der Waals surface area contributed by atoms with Crippen LogP contribution >= 0.6 is 7.14 Å². The number of para-hydroxylation sites is 1. The van der Waals surface area contributed by atoms with Gasteiger partial charge in [0.1, 0.15) is 29.9 Å². The number of benzene rings is 2. The topological polar surface area (TPSA) is 167 Å². The number of aromatic nitrogens is 2. The molecule has 0 unspecified atom stereocenters. The van der Waals surface area contributed by atoms with Crippen molar-refractivity contribution < 1.29 is 23.6 Å². The molecule has 5 N–H and O–H groups in total. The number of ether oxygens (including phenoxy) is 2. The molecule has 276 valence electrons. The lowest BCUT2D eigenvalue weighted by Crippen LogP contribution is -2.55. The molecule has 15 heteroatoms. The Balaban J connectivity index is 1.30. The molecule has 0 spiro atoms. The van der Waals surface area contributed by atoms with Crippen LogP contribution in [0, 0.1) is 0 Å². The van der Waals surface area contributed by atoms with Gasteiger partial charge in [0.25, 0.3) is 5.91 Å². The smallest absolute Gasteiger partial charge is 0.410 e. The second-order valence-corrected chi connectivity index (χ2v) is 17.5. The molecule has 0 aliphatic carbocycles. The van der Waals surface area contributed by atoms with Gasteiger partial charge >= 0.3 is 6.09 Å². The van der Waals surface area contributed by atoms with Crippen molar-refractivity contribution in [2.24, 2.45) is 5.84 Å². The Morgan fingerprint density at radius 2 is 1.69 bits per heavy atom. The van der Waals surface area contributed by atoms with Gasteiger partial charge in [-0.15, -0.1) is 0 Å². The highest BCUT2D eigenvalue weighted by atomic mass is 31.2. The molecule has 3 aromatic rings. The number of nitrogens with zero attached hydrogens (tertiary/aromatic N) is 5. The van der Waals surface area contributed by atoms with Crippen molar-refractivity contribution in [1.82, 2.24) is 25.2 Å². The molecule has 2 aromatic carbocycles. The molecule has 2 fully saturated rings. The van der Waals surface area contributed by atoms with Crippen LogP contribution in [0.5, 0.6) is 5.75 Å². The third-order valence-electron chi connectivity index (χ3n) is 9.22. The first-order valence-corrected chi connectivity index (χ1v) is 20.0. The number of nitrogens with one attached hydrogen (secondary N) is 3. The van der Waals surface area contributed by atoms with Crippen LogP contribution in [0.2, 0.25) is 0 Å². The number of piperazine rings is 1. The normalized spacial score (nSPS) is 16.1. The van der Waals surface area contributed by atoms with E-state index in [1.54, 1.807) is 32.6 Å². The number of hydrazine groups is 1. The summed E-state index contributed by atoms with van der Waals surface area (Å²) >= 11 is 0. The second-order valence-electron chi connectivity index (χ2n) is 14.3. The number of methoxy groups -OCH3 is 1. The van der Waals surface area contributed by atoms with Crippen molar-refractivity contribution >= 4 is 53.3 Å². The summed E-state index contributed by atoms with van der Waals surface area (Å²) in [5.74, 6) is 5.97. The van der Waals surface area contributed by atoms with Gasteiger partial charge in [0.05, 0.1) is 18.5 Å². The third-order valence-corrected chi connectivity index (χ3v) is 10.8. The molecule has 5 rings (SSSR count). The first-order valence-electron chi connectivity index (χ1n) is 17.4. The maximum absolute atomic E-state index is 13.0. The molecule has 51 heavy (non-hydrogen) atoms. The van der Waals surface area contributed by atoms with Gasteiger partial charge < -0.3 is 34.5 Å². The zero-order valence-electron chi connectivity index (χ0n) is 30.8. The number of rotatable bonds is 10. The zero-order valence-corrected chi connectivity index (χ0v) is 31.7. The summed E-state index contributed by atoms with van der Waals surface area (Å²) in [6, 6.07) is 11.8. The molecule has 2 amide bonds. The van der Waals surface area contributed by atoms with Gasteiger partial charge in [-0.3, -0.25) is 15.1 Å². The molecular formula is C36H52N9O5P. The minimum absolute atomic E-state index is 0.129. The summed E-state index contributed by atoms with van der Waals surface area (Å²) in [7, 11) is -1.02. The Bertz CT molecular complexity index is 1760. The van der Waals surface area contributed by atoms with Crippen molar-refractivity contribution in [2.45, 2.75) is 58.6 Å². The van der Waals surface area contributed by atoms with E-state index in [0.29, 0.717) is 41.6 Å². The minimum Gasteiger partial charge on any atom is -0.494 e. The molecule has 2 aliphatic rings. The first-order chi connectivity index (χ1) is 24.2. The third kappa shape index (κ3) is 9.29. The van der Waals surface area contributed by atoms with Gasteiger partial charge in [-0.25, -0.2) is 15.6 Å². The van der Waals surface area contributed by atoms with E-state index in [-0.39, 0.29) is 23.4 Å². The molecule has 3 heterocycles. The fraction of sp³-hybridized carbons (Fsp3) is 0.500. The standard InChI is InChI=1S/C36H52N9O5P/c1-8-24-21-28(40-34-38-23-26(33(46)42-37)32(41-34)39-27-11-9-10-12-31(27)51(6,7)48)30(49-5)22-29(24)44-15-13-25(14-16-44)43-17-19-45(20-18-43)35(47)50-36(2,3)4/h9-12,21-23,25H,8,13-20,37H2,1-7H3,(H,42,46)(H2,38,39,40,41). The molecule has 0 bridgehead atoms. The molecule has 2 saturated heterocycles. The number of nitrogen functional groups attached to an aromatic ring is 1. The van der Waals surface area contributed by atoms with E-state index in [9.17, 15) is 14.2 Å². The molecule has 14 nitrogen and oxygen atoms in total. The quantitative estimate of drug-likeness (QED) is 0.0969. The Hall–Kier alpha value is -4.39. The summed E-state index contributed by atoms with van der Waals surface area (Å²) in [5, 5.41) is 7.11. The number of hydrogen-bond acceptors (Lipinski definition) is 12. The molecular weight excluding hydrogens is 669 g/mol. The number of carbonyl (C=O) groups excluding carboxylic acids is 2. The number of hydrogen-bond donors (Lipinski definition) is 4. The lowest BCUT2D eigenvalue weighted by molar-refractivity contribution is 0.00901. The van der Waals surface area contributed by atoms with Gasteiger partial charge in [-0.05, 0) is 77.1 Å². The lowest BCUT2D eigenvalue weighted by atomic mass is 9.99. The predicted octanol–water partition coefficient (Wildman–Crippen LogP) is 4.91. The largest absolute Gasteiger partial charge is 0.494 e. The van der Waals surface area contributed by atoms with Crippen LogP contribution in [0.3, 0.4) is 0 Å². The Morgan fingerprint density at radius 3 is 2.29 bits per heavy atom. The van der Waals surface area contributed by atoms with Gasteiger partial charge in [0, 0.05) is 68.6 Å². The fourth-order valence-corrected chi connectivity index (χ4v) is 7.76. The number of piperidine rings is 1. The van der Waals surface area contributed by atoms with Gasteiger partial charge in [0.2, 0.25) is 5.95 Å². The highest BCUT2D eigenvalue weighted by Crippen LogP contribution is 2.39. The highest BCUT2D eigenvalue weighted by molar-refractivity contribution is 7.70. The number of aryl methyl sites for hydroxylation is 1. The van der Waals surface area contributed by atoms with Crippen molar-refractivity contribution in [3.05, 3.63) is 53.7 Å². The number of anilines is 5. The monoisotopic (exact) mass is 721 g/mol. The second kappa shape index (κ2) is 15.9. The maximum Gasteiger partial charge on any atom is 0.410 e. The number of carbonyl (C=O) groups is 2. The fourth-order valence-electron chi connectivity index (χ4n) is 6.60. The number of nitrogens with two attached hydrogens (primary N) is 1. The molecule has 2 aliphatic heterocycles. The van der Waals surface area contributed by atoms with Crippen molar-refractivity contribution in [1.29, 1.82) is 0 Å². The highest BCUT2D eigenvalue weighted by Gasteiger charge is 2.31. The van der Waals surface area contributed by atoms with Crippen LogP contribution in [0.1, 0.15) is 56.5 Å². The summed E-state index contributed by atoms with van der Waals surface area (Å²) in [6.07, 6.45) is 4.01. The van der Waals surface area contributed by atoms with Crippen LogP contribution in [0.4, 0.5) is 33.6 Å². The molecule has 1 aromatic heterocycles. The minimum atomic E-state index is -2.65. The van der Waals surface area contributed by atoms with Crippen molar-refractivity contribution in [2.75, 3.05) is 75.2 Å². The average Bonchev–Trinajstić information content (AvgIpc) is 3.10. The van der Waals surface area contributed by atoms with Crippen molar-refractivity contribution in [3.8, 4) is 5.75 Å². The predicted molar refractivity (Wildman–Crippen MR) is 203 cm³/mol. The van der Waals surface area contributed by atoms with Gasteiger partial charge in [-0.1, -0.05) is 19.1 Å². The van der Waals surface area contributed by atoms with Crippen molar-refractivity contribution in [3.63, 3.8) is 0 Å². The van der Waals surface area contributed by atoms with E-state index in [2.05, 4.69) is 54.9 Å². The average molecular weight is 722 g/mol. The van der Waals surface area contributed by atoms with Gasteiger partial charge in [-0.2, -0.15) is 4.98 Å². The van der Waals surface area contributed by atoms with Crippen LogP contribution in [0.15, 0.2) is 42.6 Å². The number of amides is 2. The van der Waals surface area contributed by atoms with E-state index in [4.69, 9.17) is 15.3 Å². The maximum atomic E-state index is 13.0. The molecule has 0 radical (unpaired) electrons. The summed E-state index contributed by atoms with van der Waals surface area (Å²) in [6.45, 7) is 16.1. The Morgan fingerprint density at radius 1 is 1.00 bits per heavy atom. The van der Waals surface area contributed by atoms with E-state index in [0.717, 1.165) is 56.7 Å². The SMILES string of the molecule is CCc1cc(Nc2ncc(C(=O)NN)c(Nc3ccccc3P(C)(C)=O)n2)c(OC)cc1N1CCC(N2CCN(C(=O)OC(C)(C)C)CC2)CC1. The van der Waals surface area contributed by atoms with E-state index >= 15 is 0 Å². The van der Waals surface area contributed by atoms with Crippen LogP contribution in [0.25, 0.3) is 0 Å². The zero-order chi connectivity index (χ0) is 36.9. The van der Waals surface area contributed by atoms with Crippen LogP contribution in [-0.2, 0) is 15.7 Å². The summed E-state index contributed by atoms with van der Waals surface area (Å²) in [5.41, 5.74) is 5.32.